The van der Waals surface area contributed by atoms with Crippen LogP contribution in [0, 0.1) is 5.92 Å². The van der Waals surface area contributed by atoms with Crippen LogP contribution in [0.25, 0.3) is 0 Å². The van der Waals surface area contributed by atoms with Gasteiger partial charge in [0, 0.05) is 31.6 Å². The first-order chi connectivity index (χ1) is 10.5. The molecule has 7 nitrogen and oxygen atoms in total. The summed E-state index contributed by atoms with van der Waals surface area (Å²) in [7, 11) is 0. The molecule has 0 unspecified atom stereocenters. The van der Waals surface area contributed by atoms with Crippen molar-refractivity contribution in [3.63, 3.8) is 0 Å². The third-order valence-electron chi connectivity index (χ3n) is 4.03. The van der Waals surface area contributed by atoms with E-state index in [9.17, 15) is 9.59 Å². The number of likely N-dealkylation sites (tertiary alicyclic amines) is 1. The number of nitrogen functional groups attached to an aromatic ring is 1. The molecule has 2 heterocycles. The predicted molar refractivity (Wildman–Crippen MR) is 85.4 cm³/mol. The van der Waals surface area contributed by atoms with Gasteiger partial charge < -0.3 is 20.9 Å². The first-order valence-corrected chi connectivity index (χ1v) is 7.83. The molecule has 0 aliphatic carbocycles. The Kier molecular flexibility index (Phi) is 5.54. The van der Waals surface area contributed by atoms with Gasteiger partial charge in [0.05, 0.1) is 5.92 Å². The normalized spacial score (nSPS) is 19.3. The van der Waals surface area contributed by atoms with E-state index in [0.717, 1.165) is 25.9 Å². The highest BCUT2D eigenvalue weighted by molar-refractivity contribution is 5.78. The Bertz CT molecular complexity index is 569. The number of nitrogens with two attached hydrogens (primary N) is 1. The number of carbonyl (C=O) groups is 1. The predicted octanol–water partition coefficient (Wildman–Crippen LogP) is 0.131. The molecule has 0 saturated carbocycles. The maximum Gasteiger partial charge on any atom is 0.252 e. The van der Waals surface area contributed by atoms with Crippen LogP contribution < -0.4 is 16.6 Å². The molecule has 122 valence electrons. The molecule has 0 bridgehead atoms. The summed E-state index contributed by atoms with van der Waals surface area (Å²) in [5.74, 6) is 0.822. The quantitative estimate of drug-likeness (QED) is 0.717. The van der Waals surface area contributed by atoms with Gasteiger partial charge in [0.1, 0.15) is 11.6 Å². The number of rotatable bonds is 5. The molecule has 1 aliphatic rings. The Morgan fingerprint density at radius 3 is 3.05 bits per heavy atom. The Morgan fingerprint density at radius 1 is 1.59 bits per heavy atom. The summed E-state index contributed by atoms with van der Waals surface area (Å²) >= 11 is 0. The third-order valence-corrected chi connectivity index (χ3v) is 4.03. The smallest absolute Gasteiger partial charge is 0.252 e. The van der Waals surface area contributed by atoms with Crippen LogP contribution in [0.4, 0.5) is 5.82 Å². The van der Waals surface area contributed by atoms with E-state index in [2.05, 4.69) is 34.0 Å². The molecule has 0 aromatic carbocycles. The fraction of sp³-hybridized carbons (Fsp3) is 0.667. The van der Waals surface area contributed by atoms with Crippen LogP contribution in [0.5, 0.6) is 0 Å². The second-order valence-corrected chi connectivity index (χ2v) is 6.09. The van der Waals surface area contributed by atoms with Gasteiger partial charge in [0.15, 0.2) is 0 Å². The molecule has 1 aliphatic heterocycles. The minimum absolute atomic E-state index is 0.0454. The molecule has 1 amide bonds. The lowest BCUT2D eigenvalue weighted by atomic mass is 9.96. The van der Waals surface area contributed by atoms with Gasteiger partial charge in [-0.15, -0.1) is 0 Å². The third kappa shape index (κ3) is 4.56. The highest BCUT2D eigenvalue weighted by Crippen LogP contribution is 2.18. The van der Waals surface area contributed by atoms with Crippen LogP contribution in [0.2, 0.25) is 0 Å². The number of H-pyrrole nitrogens is 1. The molecule has 22 heavy (non-hydrogen) atoms. The van der Waals surface area contributed by atoms with Crippen LogP contribution in [0.1, 0.15) is 32.5 Å². The second kappa shape index (κ2) is 7.40. The van der Waals surface area contributed by atoms with E-state index < -0.39 is 0 Å². The average molecular weight is 307 g/mol. The molecular formula is C15H25N5O2. The zero-order valence-electron chi connectivity index (χ0n) is 13.3. The summed E-state index contributed by atoms with van der Waals surface area (Å²) in [6, 6.07) is 1.71. The van der Waals surface area contributed by atoms with Crippen molar-refractivity contribution in [1.82, 2.24) is 20.2 Å². The number of carbonyl (C=O) groups excluding carboxylic acids is 1. The number of hydrogen-bond donors (Lipinski definition) is 3. The van der Waals surface area contributed by atoms with Gasteiger partial charge in [0.2, 0.25) is 5.91 Å². The second-order valence-electron chi connectivity index (χ2n) is 6.09. The van der Waals surface area contributed by atoms with Gasteiger partial charge in [-0.05, 0) is 33.2 Å². The van der Waals surface area contributed by atoms with Gasteiger partial charge in [-0.3, -0.25) is 9.59 Å². The number of aromatic amines is 1. The number of amides is 1. The number of anilines is 1. The van der Waals surface area contributed by atoms with Crippen LogP contribution in [0.15, 0.2) is 10.9 Å². The standard InChI is InChI=1S/C15H25N5O2/c1-10(2)20-7-3-4-11(9-20)15(22)17-6-5-13-18-12(16)8-14(21)19-13/h8,10-11H,3-7,9H2,1-2H3,(H,17,22)(H3,16,18,19,21)/t11-/m1/s1. The molecular weight excluding hydrogens is 282 g/mol. The lowest BCUT2D eigenvalue weighted by Crippen LogP contribution is -2.45. The monoisotopic (exact) mass is 307 g/mol. The number of nitrogens with one attached hydrogen (secondary N) is 2. The van der Waals surface area contributed by atoms with Crippen molar-refractivity contribution < 1.29 is 4.79 Å². The van der Waals surface area contributed by atoms with Crippen molar-refractivity contribution in [3.8, 4) is 0 Å². The van der Waals surface area contributed by atoms with Gasteiger partial charge >= 0.3 is 0 Å². The van der Waals surface area contributed by atoms with Crippen LogP contribution in [-0.2, 0) is 11.2 Å². The van der Waals surface area contributed by atoms with Crippen molar-refractivity contribution in [2.24, 2.45) is 5.92 Å². The summed E-state index contributed by atoms with van der Waals surface area (Å²) < 4.78 is 0. The lowest BCUT2D eigenvalue weighted by Gasteiger charge is -2.34. The van der Waals surface area contributed by atoms with Crippen molar-refractivity contribution in [2.45, 2.75) is 39.2 Å². The molecule has 1 atom stereocenters. The zero-order valence-corrected chi connectivity index (χ0v) is 13.3. The summed E-state index contributed by atoms with van der Waals surface area (Å²) in [4.78, 5) is 32.5. The highest BCUT2D eigenvalue weighted by Gasteiger charge is 2.26. The molecule has 0 radical (unpaired) electrons. The van der Waals surface area contributed by atoms with Crippen LogP contribution >= 0.6 is 0 Å². The molecule has 2 rings (SSSR count). The number of piperidine rings is 1. The van der Waals surface area contributed by atoms with Crippen LogP contribution in [0.3, 0.4) is 0 Å². The fourth-order valence-electron chi connectivity index (χ4n) is 2.78. The molecule has 1 aromatic rings. The van der Waals surface area contributed by atoms with Gasteiger partial charge in [-0.1, -0.05) is 0 Å². The van der Waals surface area contributed by atoms with E-state index in [-0.39, 0.29) is 23.2 Å². The summed E-state index contributed by atoms with van der Waals surface area (Å²) in [6.07, 6.45) is 2.45. The lowest BCUT2D eigenvalue weighted by molar-refractivity contribution is -0.126. The number of nitrogens with zero attached hydrogens (tertiary/aromatic N) is 2. The van der Waals surface area contributed by atoms with E-state index in [1.54, 1.807) is 0 Å². The minimum Gasteiger partial charge on any atom is -0.383 e. The SMILES string of the molecule is CC(C)N1CCC[C@@H](C(=O)NCCc2nc(N)cc(=O)[nH]2)C1. The molecule has 1 aromatic heterocycles. The van der Waals surface area contributed by atoms with E-state index >= 15 is 0 Å². The highest BCUT2D eigenvalue weighted by atomic mass is 16.2. The topological polar surface area (TPSA) is 104 Å². The van der Waals surface area contributed by atoms with Crippen molar-refractivity contribution in [3.05, 3.63) is 22.2 Å². The van der Waals surface area contributed by atoms with E-state index in [1.807, 2.05) is 0 Å². The van der Waals surface area contributed by atoms with Crippen molar-refractivity contribution in [2.75, 3.05) is 25.4 Å². The zero-order chi connectivity index (χ0) is 16.1. The number of hydrogen-bond acceptors (Lipinski definition) is 5. The van der Waals surface area contributed by atoms with E-state index in [4.69, 9.17) is 5.73 Å². The van der Waals surface area contributed by atoms with E-state index in [1.165, 1.54) is 6.07 Å². The molecule has 7 heteroatoms. The summed E-state index contributed by atoms with van der Waals surface area (Å²) in [5, 5.41) is 2.93. The molecule has 1 saturated heterocycles. The van der Waals surface area contributed by atoms with Gasteiger partial charge in [-0.25, -0.2) is 4.98 Å². The van der Waals surface area contributed by atoms with Gasteiger partial charge in [0.25, 0.3) is 5.56 Å². The van der Waals surface area contributed by atoms with Crippen LogP contribution in [-0.4, -0.2) is 46.5 Å². The van der Waals surface area contributed by atoms with E-state index in [0.29, 0.717) is 24.8 Å². The Labute approximate surface area is 130 Å². The largest absolute Gasteiger partial charge is 0.383 e. The minimum atomic E-state index is -0.270. The average Bonchev–Trinajstić information content (AvgIpc) is 2.46. The molecule has 1 fully saturated rings. The Morgan fingerprint density at radius 2 is 2.36 bits per heavy atom. The Balaban J connectivity index is 1.81. The summed E-state index contributed by atoms with van der Waals surface area (Å²) in [6.45, 7) is 6.64. The number of aromatic nitrogens is 2. The van der Waals surface area contributed by atoms with Crippen molar-refractivity contribution >= 4 is 11.7 Å². The van der Waals surface area contributed by atoms with Crippen molar-refractivity contribution in [1.29, 1.82) is 0 Å². The maximum atomic E-state index is 12.2. The first kappa shape index (κ1) is 16.5. The first-order valence-electron chi connectivity index (χ1n) is 7.83. The maximum absolute atomic E-state index is 12.2. The van der Waals surface area contributed by atoms with Gasteiger partial charge in [-0.2, -0.15) is 0 Å². The molecule has 0 spiro atoms. The summed E-state index contributed by atoms with van der Waals surface area (Å²) in [5.41, 5.74) is 5.26. The molecule has 4 N–H and O–H groups in total. The Hall–Kier alpha value is -1.89. The fourth-order valence-corrected chi connectivity index (χ4v) is 2.78.